The second-order valence-electron chi connectivity index (χ2n) is 8.83. The summed E-state index contributed by atoms with van der Waals surface area (Å²) in [5.74, 6) is 0.431. The highest BCUT2D eigenvalue weighted by molar-refractivity contribution is 7.13. The standard InChI is InChI=1S/C21H32BN4O2S.C5H10O2/c1-5-7-16(9-8-15(3)6-2)18-14-29-21(24-18)25-19(27)12-23-20(28)17-10-11-26(13-17)22-4;1-3-4-7-5(2)6/h10-11,13-16H,5-9,12H2,1-4H3,(H,23,28)(H,24,25,27);3-4H2,1-2H3. The molecule has 2 amide bonds. The average molecular weight is 518 g/mol. The van der Waals surface area contributed by atoms with E-state index in [4.69, 9.17) is 0 Å². The number of carbonyl (C=O) groups excluding carboxylic acids is 3. The zero-order valence-corrected chi connectivity index (χ0v) is 23.5. The van der Waals surface area contributed by atoms with Crippen LogP contribution >= 0.6 is 11.3 Å². The number of carbonyl (C=O) groups is 3. The van der Waals surface area contributed by atoms with E-state index in [1.807, 2.05) is 21.2 Å². The predicted octanol–water partition coefficient (Wildman–Crippen LogP) is 5.50. The minimum atomic E-state index is -0.271. The summed E-state index contributed by atoms with van der Waals surface area (Å²) < 4.78 is 6.34. The summed E-state index contributed by atoms with van der Waals surface area (Å²) in [6.45, 7) is 12.4. The highest BCUT2D eigenvalue weighted by atomic mass is 32.1. The smallest absolute Gasteiger partial charge is 0.302 e. The lowest BCUT2D eigenvalue weighted by Crippen LogP contribution is -2.32. The van der Waals surface area contributed by atoms with Gasteiger partial charge in [-0.2, -0.15) is 0 Å². The van der Waals surface area contributed by atoms with Gasteiger partial charge in [-0.1, -0.05) is 53.8 Å². The van der Waals surface area contributed by atoms with Crippen LogP contribution in [-0.2, 0) is 14.3 Å². The average Bonchev–Trinajstić information content (AvgIpc) is 3.53. The van der Waals surface area contributed by atoms with E-state index in [9.17, 15) is 14.4 Å². The summed E-state index contributed by atoms with van der Waals surface area (Å²) in [5.41, 5.74) is 1.59. The minimum Gasteiger partial charge on any atom is -0.466 e. The fraction of sp³-hybridized carbons (Fsp3) is 0.615. The molecule has 0 aliphatic heterocycles. The van der Waals surface area contributed by atoms with Crippen molar-refractivity contribution in [3.63, 3.8) is 0 Å². The molecule has 0 aliphatic carbocycles. The fourth-order valence-electron chi connectivity index (χ4n) is 3.39. The van der Waals surface area contributed by atoms with Gasteiger partial charge < -0.3 is 19.8 Å². The van der Waals surface area contributed by atoms with Crippen LogP contribution in [0.25, 0.3) is 0 Å². The number of hydrogen-bond donors (Lipinski definition) is 2. The molecule has 2 atom stereocenters. The summed E-state index contributed by atoms with van der Waals surface area (Å²) in [7, 11) is 1.85. The third kappa shape index (κ3) is 12.4. The van der Waals surface area contributed by atoms with Crippen molar-refractivity contribution >= 4 is 41.7 Å². The molecule has 8 nitrogen and oxygen atoms in total. The van der Waals surface area contributed by atoms with Gasteiger partial charge >= 0.3 is 5.97 Å². The fourth-order valence-corrected chi connectivity index (χ4v) is 4.20. The Morgan fingerprint density at radius 2 is 1.92 bits per heavy atom. The van der Waals surface area contributed by atoms with E-state index in [-0.39, 0.29) is 24.3 Å². The summed E-state index contributed by atoms with van der Waals surface area (Å²) in [4.78, 5) is 38.9. The Hall–Kier alpha value is -2.62. The van der Waals surface area contributed by atoms with E-state index in [2.05, 4.69) is 46.5 Å². The van der Waals surface area contributed by atoms with Crippen LogP contribution < -0.4 is 10.6 Å². The number of anilines is 1. The number of hydrogen-bond acceptors (Lipinski definition) is 6. The Labute approximate surface area is 220 Å². The van der Waals surface area contributed by atoms with Gasteiger partial charge in [-0.25, -0.2) is 4.98 Å². The van der Waals surface area contributed by atoms with Crippen molar-refractivity contribution in [2.45, 2.75) is 85.9 Å². The van der Waals surface area contributed by atoms with Gasteiger partial charge in [0.15, 0.2) is 5.13 Å². The molecule has 2 N–H and O–H groups in total. The summed E-state index contributed by atoms with van der Waals surface area (Å²) in [5, 5.41) is 8.09. The molecule has 0 aliphatic rings. The molecule has 2 rings (SSSR count). The van der Waals surface area contributed by atoms with E-state index >= 15 is 0 Å². The van der Waals surface area contributed by atoms with E-state index in [1.165, 1.54) is 31.1 Å². The predicted molar refractivity (Wildman–Crippen MR) is 148 cm³/mol. The lowest BCUT2D eigenvalue weighted by Gasteiger charge is -2.16. The first kappa shape index (κ1) is 31.4. The Kier molecular flexibility index (Phi) is 15.5. The number of nitrogens with one attached hydrogen (secondary N) is 2. The molecular formula is C26H42BN4O4S. The van der Waals surface area contributed by atoms with Crippen LogP contribution in [0.2, 0.25) is 6.82 Å². The molecule has 199 valence electrons. The summed E-state index contributed by atoms with van der Waals surface area (Å²) >= 11 is 1.45. The second-order valence-corrected chi connectivity index (χ2v) is 9.69. The van der Waals surface area contributed by atoms with Crippen molar-refractivity contribution in [2.24, 2.45) is 5.92 Å². The van der Waals surface area contributed by atoms with Gasteiger partial charge in [0.05, 0.1) is 24.4 Å². The zero-order valence-electron chi connectivity index (χ0n) is 22.6. The lowest BCUT2D eigenvalue weighted by molar-refractivity contribution is -0.140. The van der Waals surface area contributed by atoms with Crippen LogP contribution in [0, 0.1) is 5.92 Å². The molecule has 2 heterocycles. The minimum absolute atomic E-state index is 0.0822. The van der Waals surface area contributed by atoms with Crippen molar-refractivity contribution in [1.82, 2.24) is 14.8 Å². The Bertz CT molecular complexity index is 931. The number of thiazole rings is 1. The third-order valence-corrected chi connectivity index (χ3v) is 6.50. The normalized spacial score (nSPS) is 12.1. The molecule has 0 saturated carbocycles. The van der Waals surface area contributed by atoms with Gasteiger partial charge in [0, 0.05) is 24.4 Å². The Morgan fingerprint density at radius 3 is 2.47 bits per heavy atom. The molecule has 1 radical (unpaired) electrons. The summed E-state index contributed by atoms with van der Waals surface area (Å²) in [6.07, 6.45) is 10.2. The monoisotopic (exact) mass is 517 g/mol. The first-order valence-corrected chi connectivity index (χ1v) is 13.8. The zero-order chi connectivity index (χ0) is 26.9. The van der Waals surface area contributed by atoms with Crippen molar-refractivity contribution in [3.05, 3.63) is 35.1 Å². The van der Waals surface area contributed by atoms with Crippen LogP contribution in [-0.4, -0.2) is 47.8 Å². The topological polar surface area (TPSA) is 102 Å². The highest BCUT2D eigenvalue weighted by Gasteiger charge is 2.17. The first-order chi connectivity index (χ1) is 17.2. The molecular weight excluding hydrogens is 475 g/mol. The van der Waals surface area contributed by atoms with Crippen molar-refractivity contribution in [1.29, 1.82) is 0 Å². The van der Waals surface area contributed by atoms with Gasteiger partial charge in [0.1, 0.15) is 0 Å². The van der Waals surface area contributed by atoms with Crippen LogP contribution in [0.15, 0.2) is 23.8 Å². The number of ether oxygens (including phenoxy) is 1. The number of rotatable bonds is 14. The van der Waals surface area contributed by atoms with E-state index in [0.717, 1.165) is 37.3 Å². The Balaban J connectivity index is 0.000000809. The third-order valence-electron chi connectivity index (χ3n) is 5.72. The number of esters is 1. The largest absolute Gasteiger partial charge is 0.466 e. The molecule has 0 spiro atoms. The van der Waals surface area contributed by atoms with E-state index < -0.39 is 0 Å². The van der Waals surface area contributed by atoms with Crippen LogP contribution in [0.3, 0.4) is 0 Å². The van der Waals surface area contributed by atoms with Crippen molar-refractivity contribution in [3.8, 4) is 0 Å². The molecule has 36 heavy (non-hydrogen) atoms. The maximum Gasteiger partial charge on any atom is 0.302 e. The van der Waals surface area contributed by atoms with Crippen LogP contribution in [0.4, 0.5) is 5.13 Å². The van der Waals surface area contributed by atoms with Gasteiger partial charge in [0.2, 0.25) is 13.3 Å². The SMILES string of the molecule is CCCOC(C)=O.C[B]n1ccc(C(=O)NCC(=O)Nc2nc(C(CCC)CCC(C)CC)cs2)c1. The molecule has 0 saturated heterocycles. The van der Waals surface area contributed by atoms with Gasteiger partial charge in [-0.3, -0.25) is 14.4 Å². The van der Waals surface area contributed by atoms with Gasteiger partial charge in [0.25, 0.3) is 5.91 Å². The number of amides is 2. The molecule has 0 aromatic carbocycles. The van der Waals surface area contributed by atoms with Gasteiger partial charge in [-0.15, -0.1) is 11.3 Å². The molecule has 2 unspecified atom stereocenters. The van der Waals surface area contributed by atoms with E-state index in [1.54, 1.807) is 22.9 Å². The van der Waals surface area contributed by atoms with E-state index in [0.29, 0.717) is 23.2 Å². The Morgan fingerprint density at radius 1 is 1.17 bits per heavy atom. The number of nitrogens with zero attached hydrogens (tertiary/aromatic N) is 2. The lowest BCUT2D eigenvalue weighted by atomic mass is 9.90. The van der Waals surface area contributed by atoms with Crippen molar-refractivity contribution in [2.75, 3.05) is 18.5 Å². The molecule has 0 fully saturated rings. The molecule has 10 heteroatoms. The van der Waals surface area contributed by atoms with Crippen LogP contribution in [0.5, 0.6) is 0 Å². The molecule has 0 bridgehead atoms. The highest BCUT2D eigenvalue weighted by Crippen LogP contribution is 2.31. The number of aromatic nitrogens is 2. The first-order valence-electron chi connectivity index (χ1n) is 12.9. The maximum atomic E-state index is 12.2. The maximum absolute atomic E-state index is 12.2. The van der Waals surface area contributed by atoms with Gasteiger partial charge in [-0.05, 0) is 37.4 Å². The van der Waals surface area contributed by atoms with Crippen molar-refractivity contribution < 1.29 is 19.1 Å². The molecule has 2 aromatic heterocycles. The summed E-state index contributed by atoms with van der Waals surface area (Å²) in [6, 6.07) is 1.72. The molecule has 2 aromatic rings. The second kappa shape index (κ2) is 17.8. The van der Waals surface area contributed by atoms with Crippen LogP contribution in [0.1, 0.15) is 95.1 Å². The quantitative estimate of drug-likeness (QED) is 0.255.